The summed E-state index contributed by atoms with van der Waals surface area (Å²) in [5, 5.41) is 17.5. The Morgan fingerprint density at radius 2 is 1.84 bits per heavy atom. The third kappa shape index (κ3) is 6.02. The Kier molecular flexibility index (Phi) is 7.55. The number of methoxy groups -OCH3 is 1. The summed E-state index contributed by atoms with van der Waals surface area (Å²) in [7, 11) is 1.60. The van der Waals surface area contributed by atoms with E-state index in [-0.39, 0.29) is 11.8 Å². The number of aromatic nitrogens is 2. The number of urea groups is 1. The van der Waals surface area contributed by atoms with Gasteiger partial charge >= 0.3 is 6.03 Å². The quantitative estimate of drug-likeness (QED) is 0.483. The molecule has 3 aromatic rings. The summed E-state index contributed by atoms with van der Waals surface area (Å²) >= 11 is 1.25. The number of amides is 3. The highest BCUT2D eigenvalue weighted by molar-refractivity contribution is 7.18. The molecule has 2 aromatic carbocycles. The van der Waals surface area contributed by atoms with Gasteiger partial charge < -0.3 is 15.4 Å². The second-order valence-electron chi connectivity index (χ2n) is 6.96. The van der Waals surface area contributed by atoms with Crippen LogP contribution in [0.4, 0.5) is 15.6 Å². The number of carbonyl (C=O) groups excluding carboxylic acids is 2. The normalized spacial score (nSPS) is 12.5. The van der Waals surface area contributed by atoms with Crippen LogP contribution >= 0.6 is 11.3 Å². The number of hydrogen-bond donors (Lipinski definition) is 3. The van der Waals surface area contributed by atoms with Crippen molar-refractivity contribution in [1.82, 2.24) is 15.5 Å². The molecule has 1 aromatic heterocycles. The van der Waals surface area contributed by atoms with Gasteiger partial charge in [-0.1, -0.05) is 61.9 Å². The first kappa shape index (κ1) is 22.2. The maximum absolute atomic E-state index is 12.9. The minimum Gasteiger partial charge on any atom is -0.497 e. The second-order valence-corrected chi connectivity index (χ2v) is 7.94. The van der Waals surface area contributed by atoms with Crippen LogP contribution in [-0.4, -0.2) is 35.3 Å². The van der Waals surface area contributed by atoms with Crippen LogP contribution in [0.3, 0.4) is 0 Å². The molecule has 0 aliphatic heterocycles. The fraction of sp³-hybridized carbons (Fsp3) is 0.273. The summed E-state index contributed by atoms with van der Waals surface area (Å²) in [4.78, 5) is 25.3. The summed E-state index contributed by atoms with van der Waals surface area (Å²) in [5.74, 6) is 0.293. The van der Waals surface area contributed by atoms with E-state index >= 15 is 0 Å². The smallest absolute Gasteiger partial charge is 0.319 e. The molecule has 3 amide bonds. The minimum absolute atomic E-state index is 0.0766. The Bertz CT molecular complexity index is 1020. The SMILES string of the molecule is CCC(C)C(NC(=O)Nc1ccccc1)C(=O)Nc1nnc(-c2cccc(OC)c2)s1. The maximum atomic E-state index is 12.9. The van der Waals surface area contributed by atoms with Crippen molar-refractivity contribution in [2.75, 3.05) is 17.7 Å². The van der Waals surface area contributed by atoms with E-state index in [1.807, 2.05) is 56.3 Å². The van der Waals surface area contributed by atoms with Gasteiger partial charge in [-0.15, -0.1) is 10.2 Å². The predicted octanol–water partition coefficient (Wildman–Crippen LogP) is 4.39. The summed E-state index contributed by atoms with van der Waals surface area (Å²) in [6.07, 6.45) is 0.717. The average Bonchev–Trinajstić information content (AvgIpc) is 3.26. The molecule has 0 bridgehead atoms. The van der Waals surface area contributed by atoms with E-state index in [0.29, 0.717) is 21.6 Å². The van der Waals surface area contributed by atoms with Gasteiger partial charge in [0.2, 0.25) is 11.0 Å². The zero-order valence-electron chi connectivity index (χ0n) is 17.6. The van der Waals surface area contributed by atoms with Crippen molar-refractivity contribution < 1.29 is 14.3 Å². The largest absolute Gasteiger partial charge is 0.497 e. The van der Waals surface area contributed by atoms with Crippen molar-refractivity contribution in [3.63, 3.8) is 0 Å². The van der Waals surface area contributed by atoms with Crippen LogP contribution in [0.2, 0.25) is 0 Å². The van der Waals surface area contributed by atoms with Crippen LogP contribution in [0.25, 0.3) is 10.6 Å². The highest BCUT2D eigenvalue weighted by atomic mass is 32.1. The number of benzene rings is 2. The lowest BCUT2D eigenvalue weighted by molar-refractivity contribution is -0.119. The molecular formula is C22H25N5O3S. The number of anilines is 2. The predicted molar refractivity (Wildman–Crippen MR) is 122 cm³/mol. The molecule has 162 valence electrons. The molecule has 8 nitrogen and oxygen atoms in total. The third-order valence-corrected chi connectivity index (χ3v) is 5.67. The lowest BCUT2D eigenvalue weighted by atomic mass is 9.98. The fourth-order valence-corrected chi connectivity index (χ4v) is 3.60. The zero-order chi connectivity index (χ0) is 22.2. The van der Waals surface area contributed by atoms with Gasteiger partial charge in [-0.25, -0.2) is 4.79 Å². The van der Waals surface area contributed by atoms with Gasteiger partial charge in [0.25, 0.3) is 0 Å². The fourth-order valence-electron chi connectivity index (χ4n) is 2.86. The van der Waals surface area contributed by atoms with Crippen LogP contribution in [0, 0.1) is 5.92 Å². The van der Waals surface area contributed by atoms with Crippen LogP contribution in [-0.2, 0) is 4.79 Å². The van der Waals surface area contributed by atoms with E-state index in [2.05, 4.69) is 26.1 Å². The van der Waals surface area contributed by atoms with Crippen LogP contribution in [0.5, 0.6) is 5.75 Å². The second kappa shape index (κ2) is 10.5. The standard InChI is InChI=1S/C22H25N5O3S/c1-4-14(2)18(24-21(29)23-16-10-6-5-7-11-16)19(28)25-22-27-26-20(31-22)15-9-8-12-17(13-15)30-3/h5-14,18H,4H2,1-3H3,(H2,23,24,29)(H,25,27,28). The van der Waals surface area contributed by atoms with Crippen LogP contribution in [0.15, 0.2) is 54.6 Å². The Balaban J connectivity index is 1.68. The van der Waals surface area contributed by atoms with E-state index in [4.69, 9.17) is 4.74 Å². The monoisotopic (exact) mass is 439 g/mol. The number of para-hydroxylation sites is 1. The van der Waals surface area contributed by atoms with Gasteiger partial charge in [-0.05, 0) is 30.2 Å². The van der Waals surface area contributed by atoms with Crippen molar-refractivity contribution in [1.29, 1.82) is 0 Å². The maximum Gasteiger partial charge on any atom is 0.319 e. The van der Waals surface area contributed by atoms with E-state index in [1.54, 1.807) is 19.2 Å². The Morgan fingerprint density at radius 3 is 2.55 bits per heavy atom. The van der Waals surface area contributed by atoms with E-state index in [9.17, 15) is 9.59 Å². The molecule has 1 heterocycles. The lowest BCUT2D eigenvalue weighted by Gasteiger charge is -2.23. The first-order valence-electron chi connectivity index (χ1n) is 9.91. The highest BCUT2D eigenvalue weighted by Gasteiger charge is 2.27. The summed E-state index contributed by atoms with van der Waals surface area (Å²) in [6, 6.07) is 15.3. The van der Waals surface area contributed by atoms with Crippen molar-refractivity contribution in [3.8, 4) is 16.3 Å². The molecule has 3 N–H and O–H groups in total. The Hall–Kier alpha value is -3.46. The number of hydrogen-bond acceptors (Lipinski definition) is 6. The number of ether oxygens (including phenoxy) is 1. The van der Waals surface area contributed by atoms with Gasteiger partial charge in [0.05, 0.1) is 7.11 Å². The molecule has 0 radical (unpaired) electrons. The molecule has 9 heteroatoms. The summed E-state index contributed by atoms with van der Waals surface area (Å²) < 4.78 is 5.24. The Morgan fingerprint density at radius 1 is 1.06 bits per heavy atom. The highest BCUT2D eigenvalue weighted by Crippen LogP contribution is 2.29. The van der Waals surface area contributed by atoms with Gasteiger partial charge in [0.1, 0.15) is 16.8 Å². The van der Waals surface area contributed by atoms with Crippen molar-refractivity contribution in [2.24, 2.45) is 5.92 Å². The van der Waals surface area contributed by atoms with Crippen molar-refractivity contribution >= 4 is 34.1 Å². The van der Waals surface area contributed by atoms with Gasteiger partial charge in [-0.3, -0.25) is 10.1 Å². The van der Waals surface area contributed by atoms with E-state index in [1.165, 1.54) is 11.3 Å². The van der Waals surface area contributed by atoms with Crippen LogP contribution < -0.4 is 20.7 Å². The first-order valence-corrected chi connectivity index (χ1v) is 10.7. The number of nitrogens with zero attached hydrogens (tertiary/aromatic N) is 2. The van der Waals surface area contributed by atoms with Crippen molar-refractivity contribution in [2.45, 2.75) is 26.3 Å². The molecule has 0 saturated carbocycles. The Labute approximate surface area is 185 Å². The molecule has 3 rings (SSSR count). The zero-order valence-corrected chi connectivity index (χ0v) is 18.4. The molecule has 0 aliphatic carbocycles. The molecule has 2 unspecified atom stereocenters. The molecule has 0 spiro atoms. The van der Waals surface area contributed by atoms with E-state index in [0.717, 1.165) is 12.0 Å². The molecule has 0 fully saturated rings. The first-order chi connectivity index (χ1) is 15.0. The van der Waals surface area contributed by atoms with Gasteiger partial charge in [-0.2, -0.15) is 0 Å². The summed E-state index contributed by atoms with van der Waals surface area (Å²) in [6.45, 7) is 3.88. The third-order valence-electron chi connectivity index (χ3n) is 4.79. The van der Waals surface area contributed by atoms with Crippen LogP contribution in [0.1, 0.15) is 20.3 Å². The molecule has 0 saturated heterocycles. The number of nitrogens with one attached hydrogen (secondary N) is 3. The van der Waals surface area contributed by atoms with Gasteiger partial charge in [0.15, 0.2) is 0 Å². The molecular weight excluding hydrogens is 414 g/mol. The molecule has 2 atom stereocenters. The number of rotatable bonds is 8. The van der Waals surface area contributed by atoms with E-state index < -0.39 is 12.1 Å². The van der Waals surface area contributed by atoms with Crippen molar-refractivity contribution in [3.05, 3.63) is 54.6 Å². The minimum atomic E-state index is -0.724. The molecule has 0 aliphatic rings. The summed E-state index contributed by atoms with van der Waals surface area (Å²) in [5.41, 5.74) is 1.49. The lowest BCUT2D eigenvalue weighted by Crippen LogP contribution is -2.49. The van der Waals surface area contributed by atoms with Gasteiger partial charge in [0, 0.05) is 11.3 Å². The number of carbonyl (C=O) groups is 2. The molecule has 31 heavy (non-hydrogen) atoms. The average molecular weight is 440 g/mol. The topological polar surface area (TPSA) is 105 Å².